The van der Waals surface area contributed by atoms with Crippen molar-refractivity contribution < 1.29 is 24.5 Å². The Morgan fingerprint density at radius 2 is 1.86 bits per heavy atom. The van der Waals surface area contributed by atoms with Crippen molar-refractivity contribution in [1.82, 2.24) is 4.57 Å². The molecule has 0 saturated carbocycles. The maximum atomic E-state index is 13.6. The molecule has 14 heteroatoms. The number of hydrogen-bond acceptors (Lipinski definition) is 10. The quantitative estimate of drug-likeness (QED) is 0.280. The smallest absolute Gasteiger partial charge is 0.338 e. The van der Waals surface area contributed by atoms with E-state index in [1.807, 2.05) is 0 Å². The van der Waals surface area contributed by atoms with Crippen molar-refractivity contribution in [2.75, 3.05) is 6.61 Å². The minimum atomic E-state index is -1.10. The number of esters is 1. The number of halogens is 1. The van der Waals surface area contributed by atoms with E-state index < -0.39 is 44.5 Å². The number of allylic oxidation sites excluding steroid dienone is 1. The summed E-state index contributed by atoms with van der Waals surface area (Å²) < 4.78 is 6.51. The number of fused-ring (bicyclic) bond motifs is 1. The molecule has 1 aliphatic heterocycles. The zero-order valence-corrected chi connectivity index (χ0v) is 20.8. The van der Waals surface area contributed by atoms with Gasteiger partial charge in [-0.25, -0.2) is 9.79 Å². The summed E-state index contributed by atoms with van der Waals surface area (Å²) in [6, 6.07) is 7.52. The molecule has 0 spiro atoms. The number of ether oxygens (including phenoxy) is 1. The summed E-state index contributed by atoms with van der Waals surface area (Å²) in [6.07, 6.45) is 1.22. The third kappa shape index (κ3) is 4.61. The highest BCUT2D eigenvalue weighted by molar-refractivity contribution is 7.07. The van der Waals surface area contributed by atoms with E-state index in [0.29, 0.717) is 16.3 Å². The molecule has 12 nitrogen and oxygen atoms in total. The summed E-state index contributed by atoms with van der Waals surface area (Å²) in [5.74, 6) is -1.77. The van der Waals surface area contributed by atoms with Crippen LogP contribution >= 0.6 is 22.9 Å². The van der Waals surface area contributed by atoms with E-state index >= 15 is 0 Å². The van der Waals surface area contributed by atoms with Gasteiger partial charge in [0, 0.05) is 17.2 Å². The second-order valence-electron chi connectivity index (χ2n) is 7.75. The van der Waals surface area contributed by atoms with Gasteiger partial charge in [-0.1, -0.05) is 41.1 Å². The number of nitro benzene ring substituents is 2. The highest BCUT2D eigenvalue weighted by atomic mass is 35.5. The summed E-state index contributed by atoms with van der Waals surface area (Å²) >= 11 is 7.36. The predicted molar refractivity (Wildman–Crippen MR) is 133 cm³/mol. The van der Waals surface area contributed by atoms with Crippen LogP contribution in [-0.2, 0) is 9.53 Å². The van der Waals surface area contributed by atoms with Crippen molar-refractivity contribution in [2.24, 2.45) is 4.99 Å². The molecule has 3 aromatic rings. The van der Waals surface area contributed by atoms with Gasteiger partial charge in [0.15, 0.2) is 4.80 Å². The van der Waals surface area contributed by atoms with Crippen LogP contribution in [0.2, 0.25) is 5.02 Å². The molecule has 0 amide bonds. The topological polar surface area (TPSA) is 167 Å². The van der Waals surface area contributed by atoms with E-state index in [4.69, 9.17) is 16.3 Å². The Morgan fingerprint density at radius 1 is 1.24 bits per heavy atom. The Morgan fingerprint density at radius 3 is 2.43 bits per heavy atom. The number of benzene rings is 2. The van der Waals surface area contributed by atoms with E-state index in [1.54, 1.807) is 38.1 Å². The van der Waals surface area contributed by atoms with Crippen molar-refractivity contribution >= 4 is 46.4 Å². The van der Waals surface area contributed by atoms with E-state index in [1.165, 1.54) is 10.6 Å². The highest BCUT2D eigenvalue weighted by Crippen LogP contribution is 2.37. The van der Waals surface area contributed by atoms with Crippen LogP contribution in [0.3, 0.4) is 0 Å². The molecule has 190 valence electrons. The fourth-order valence-electron chi connectivity index (χ4n) is 3.92. The second kappa shape index (κ2) is 9.95. The van der Waals surface area contributed by atoms with Gasteiger partial charge in [-0.15, -0.1) is 0 Å². The van der Waals surface area contributed by atoms with Crippen molar-refractivity contribution in [1.29, 1.82) is 0 Å². The molecule has 0 saturated heterocycles. The lowest BCUT2D eigenvalue weighted by Gasteiger charge is -2.25. The Bertz CT molecular complexity index is 1660. The Hall–Kier alpha value is -4.36. The molecule has 37 heavy (non-hydrogen) atoms. The number of carbonyl (C=O) groups excluding carboxylic acids is 1. The third-order valence-electron chi connectivity index (χ3n) is 5.50. The number of nitro groups is 2. The van der Waals surface area contributed by atoms with Gasteiger partial charge in [0.2, 0.25) is 0 Å². The van der Waals surface area contributed by atoms with Crippen LogP contribution in [0.15, 0.2) is 57.5 Å². The Kier molecular flexibility index (Phi) is 6.92. The van der Waals surface area contributed by atoms with E-state index in [2.05, 4.69) is 4.99 Å². The molecule has 4 rings (SSSR count). The lowest BCUT2D eigenvalue weighted by Crippen LogP contribution is -2.40. The first-order valence-corrected chi connectivity index (χ1v) is 11.8. The van der Waals surface area contributed by atoms with Crippen molar-refractivity contribution in [3.63, 3.8) is 0 Å². The van der Waals surface area contributed by atoms with Gasteiger partial charge in [0.25, 0.3) is 11.3 Å². The number of hydrogen-bond donors (Lipinski definition) is 1. The average molecular weight is 545 g/mol. The van der Waals surface area contributed by atoms with Crippen LogP contribution < -0.4 is 14.9 Å². The third-order valence-corrected chi connectivity index (χ3v) is 6.83. The fourth-order valence-corrected chi connectivity index (χ4v) is 5.21. The maximum Gasteiger partial charge on any atom is 0.338 e. The number of nitrogens with zero attached hydrogens (tertiary/aromatic N) is 4. The predicted octanol–water partition coefficient (Wildman–Crippen LogP) is 2.97. The van der Waals surface area contributed by atoms with E-state index in [9.17, 15) is 34.9 Å². The van der Waals surface area contributed by atoms with Crippen molar-refractivity contribution in [3.05, 3.63) is 104 Å². The first-order chi connectivity index (χ1) is 17.5. The van der Waals surface area contributed by atoms with Gasteiger partial charge in [0.05, 0.1) is 32.3 Å². The van der Waals surface area contributed by atoms with Gasteiger partial charge >= 0.3 is 17.3 Å². The molecule has 0 radical (unpaired) electrons. The first kappa shape index (κ1) is 25.7. The molecule has 0 unspecified atom stereocenters. The van der Waals surface area contributed by atoms with Gasteiger partial charge in [-0.3, -0.25) is 29.6 Å². The number of phenols is 1. The molecule has 0 fully saturated rings. The minimum absolute atomic E-state index is 0.0306. The highest BCUT2D eigenvalue weighted by Gasteiger charge is 2.34. The number of rotatable bonds is 6. The zero-order valence-electron chi connectivity index (χ0n) is 19.2. The van der Waals surface area contributed by atoms with Gasteiger partial charge in [-0.2, -0.15) is 0 Å². The molecular formula is C23H17ClN4O8S. The Balaban J connectivity index is 2.00. The van der Waals surface area contributed by atoms with Gasteiger partial charge in [-0.05, 0) is 37.1 Å². The lowest BCUT2D eigenvalue weighted by atomic mass is 9.96. The van der Waals surface area contributed by atoms with Crippen LogP contribution in [0.1, 0.15) is 31.0 Å². The zero-order chi connectivity index (χ0) is 27.0. The molecule has 2 aromatic carbocycles. The molecular weight excluding hydrogens is 528 g/mol. The lowest BCUT2D eigenvalue weighted by molar-refractivity contribution is -0.396. The molecule has 2 heterocycles. The molecule has 1 aromatic heterocycles. The average Bonchev–Trinajstić information content (AvgIpc) is 3.13. The second-order valence-corrected chi connectivity index (χ2v) is 9.16. The monoisotopic (exact) mass is 544 g/mol. The normalized spacial score (nSPS) is 15.2. The maximum absolute atomic E-state index is 13.6. The molecule has 0 aliphatic carbocycles. The van der Waals surface area contributed by atoms with Crippen LogP contribution in [0, 0.1) is 20.2 Å². The summed E-state index contributed by atoms with van der Waals surface area (Å²) in [5.41, 5.74) is -1.56. The van der Waals surface area contributed by atoms with Crippen molar-refractivity contribution in [2.45, 2.75) is 19.9 Å². The molecule has 1 N–H and O–H groups in total. The van der Waals surface area contributed by atoms with E-state index in [0.717, 1.165) is 23.5 Å². The van der Waals surface area contributed by atoms with Crippen LogP contribution in [0.25, 0.3) is 6.08 Å². The summed E-state index contributed by atoms with van der Waals surface area (Å²) in [6.45, 7) is 3.33. The molecule has 0 bridgehead atoms. The van der Waals surface area contributed by atoms with Crippen LogP contribution in [0.4, 0.5) is 11.4 Å². The number of thiazole rings is 1. The number of aromatic hydroxyl groups is 1. The summed E-state index contributed by atoms with van der Waals surface area (Å²) in [4.78, 5) is 51.8. The SMILES string of the molecule is CCOC(=O)C1=C(C)N=c2s/c(=C\c3cc([N+](=O)[O-])c(O)c([N+](=O)[O-])c3)c(=O)n2[C@H]1c1ccccc1Cl. The number of aromatic nitrogens is 1. The minimum Gasteiger partial charge on any atom is -0.497 e. The fraction of sp³-hybridized carbons (Fsp3) is 0.174. The van der Waals surface area contributed by atoms with Crippen molar-refractivity contribution in [3.8, 4) is 5.75 Å². The van der Waals surface area contributed by atoms with Gasteiger partial charge in [0.1, 0.15) is 6.04 Å². The summed E-state index contributed by atoms with van der Waals surface area (Å²) in [7, 11) is 0. The van der Waals surface area contributed by atoms with Gasteiger partial charge < -0.3 is 9.84 Å². The molecule has 1 atom stereocenters. The number of carbonyl (C=O) groups is 1. The van der Waals surface area contributed by atoms with Crippen LogP contribution in [0.5, 0.6) is 5.75 Å². The first-order valence-electron chi connectivity index (χ1n) is 10.6. The summed E-state index contributed by atoms with van der Waals surface area (Å²) in [5, 5.41) is 32.8. The molecule has 1 aliphatic rings. The number of phenolic OH excluding ortho intramolecular Hbond substituents is 1. The van der Waals surface area contributed by atoms with E-state index in [-0.39, 0.29) is 27.1 Å². The standard InChI is InChI=1S/C23H17ClN4O8S/c1-3-36-22(31)18-11(2)25-23-26(19(18)13-6-4-5-7-14(13)24)21(30)17(37-23)10-12-8-15(27(32)33)20(29)16(9-12)28(34)35/h4-10,19,29H,3H2,1-2H3/b17-10-/t19-/m0/s1. The van der Waals surface area contributed by atoms with Crippen LogP contribution in [-0.4, -0.2) is 32.1 Å². The Labute approximate surface area is 216 Å². The largest absolute Gasteiger partial charge is 0.497 e.